The van der Waals surface area contributed by atoms with Gasteiger partial charge in [0.05, 0.1) is 25.4 Å². The second kappa shape index (κ2) is 10.3. The van der Waals surface area contributed by atoms with Crippen LogP contribution in [-0.4, -0.2) is 47.1 Å². The number of methoxy groups -OCH3 is 1. The molecule has 1 aliphatic rings. The van der Waals surface area contributed by atoms with Gasteiger partial charge < -0.3 is 24.6 Å². The molecule has 0 aliphatic heterocycles. The highest BCUT2D eigenvalue weighted by atomic mass is 19.3. The van der Waals surface area contributed by atoms with E-state index in [1.54, 1.807) is 6.92 Å². The SMILES string of the molecule is COc1c(OCCOC2CC2)cc2c(NCc3cccc(C(F)(F)C(C)(C)O)c3F)nc(C)nc2c1F. The number of alkyl halides is 2. The van der Waals surface area contributed by atoms with Crippen LogP contribution in [0.2, 0.25) is 0 Å². The van der Waals surface area contributed by atoms with Crippen LogP contribution in [-0.2, 0) is 17.2 Å². The summed E-state index contributed by atoms with van der Waals surface area (Å²) in [6, 6.07) is 5.05. The molecule has 1 fully saturated rings. The Kier molecular flexibility index (Phi) is 7.48. The molecule has 1 aliphatic carbocycles. The fraction of sp³-hybridized carbons (Fsp3) is 0.462. The number of anilines is 1. The summed E-state index contributed by atoms with van der Waals surface area (Å²) in [7, 11) is 1.31. The largest absolute Gasteiger partial charge is 0.490 e. The summed E-state index contributed by atoms with van der Waals surface area (Å²) in [6.45, 7) is 3.63. The van der Waals surface area contributed by atoms with E-state index in [0.717, 1.165) is 32.8 Å². The van der Waals surface area contributed by atoms with Crippen molar-refractivity contribution in [2.75, 3.05) is 25.6 Å². The number of nitrogens with zero attached hydrogens (tertiary/aromatic N) is 2. The quantitative estimate of drug-likeness (QED) is 0.262. The molecule has 0 saturated heterocycles. The number of nitrogens with one attached hydrogen (secondary N) is 1. The third-order valence-corrected chi connectivity index (χ3v) is 6.02. The van der Waals surface area contributed by atoms with Gasteiger partial charge in [0, 0.05) is 17.5 Å². The maximum Gasteiger partial charge on any atom is 0.303 e. The van der Waals surface area contributed by atoms with Gasteiger partial charge in [-0.2, -0.15) is 8.78 Å². The van der Waals surface area contributed by atoms with Crippen LogP contribution in [0.5, 0.6) is 11.5 Å². The molecule has 7 nitrogen and oxygen atoms in total. The standard InChI is InChI=1S/C26H29F4N3O4/c1-14-32-22-17(12-19(23(35-4)21(22)28)37-11-10-36-16-8-9-16)24(33-14)31-13-15-6-5-7-18(20(15)27)26(29,30)25(2,3)34/h5-7,12,16,34H,8-11,13H2,1-4H3,(H,31,32,33). The molecule has 4 rings (SSSR count). The fourth-order valence-corrected chi connectivity index (χ4v) is 3.80. The van der Waals surface area contributed by atoms with Crippen molar-refractivity contribution < 1.29 is 36.9 Å². The van der Waals surface area contributed by atoms with E-state index in [1.807, 2.05) is 0 Å². The molecular formula is C26H29F4N3O4. The summed E-state index contributed by atoms with van der Waals surface area (Å²) in [4.78, 5) is 8.47. The van der Waals surface area contributed by atoms with Crippen molar-refractivity contribution in [3.8, 4) is 11.5 Å². The number of fused-ring (bicyclic) bond motifs is 1. The van der Waals surface area contributed by atoms with Crippen molar-refractivity contribution in [1.29, 1.82) is 0 Å². The molecular weight excluding hydrogens is 494 g/mol. The summed E-state index contributed by atoms with van der Waals surface area (Å²) in [5.41, 5.74) is -3.54. The lowest BCUT2D eigenvalue weighted by Gasteiger charge is -2.30. The summed E-state index contributed by atoms with van der Waals surface area (Å²) < 4.78 is 76.2. The van der Waals surface area contributed by atoms with Gasteiger partial charge in [-0.05, 0) is 45.7 Å². The third kappa shape index (κ3) is 5.57. The van der Waals surface area contributed by atoms with Gasteiger partial charge in [0.1, 0.15) is 35.2 Å². The average Bonchev–Trinajstić information content (AvgIpc) is 3.65. The molecule has 200 valence electrons. The number of hydrogen-bond acceptors (Lipinski definition) is 7. The van der Waals surface area contributed by atoms with E-state index in [4.69, 9.17) is 14.2 Å². The van der Waals surface area contributed by atoms with E-state index in [0.29, 0.717) is 6.61 Å². The Balaban J connectivity index is 1.64. The molecule has 0 spiro atoms. The molecule has 2 N–H and O–H groups in total. The maximum atomic E-state index is 15.3. The van der Waals surface area contributed by atoms with E-state index in [1.165, 1.54) is 25.3 Å². The zero-order valence-electron chi connectivity index (χ0n) is 21.0. The van der Waals surface area contributed by atoms with Gasteiger partial charge in [0.2, 0.25) is 0 Å². The second-order valence-electron chi connectivity index (χ2n) is 9.42. The number of aryl methyl sites for hydroxylation is 1. The summed E-state index contributed by atoms with van der Waals surface area (Å²) in [5, 5.41) is 13.0. The van der Waals surface area contributed by atoms with E-state index < -0.39 is 28.7 Å². The molecule has 37 heavy (non-hydrogen) atoms. The zero-order chi connectivity index (χ0) is 27.0. The van der Waals surface area contributed by atoms with Gasteiger partial charge in [-0.15, -0.1) is 0 Å². The molecule has 1 saturated carbocycles. The minimum Gasteiger partial charge on any atom is -0.490 e. The number of benzene rings is 2. The highest BCUT2D eigenvalue weighted by molar-refractivity contribution is 5.92. The van der Waals surface area contributed by atoms with Gasteiger partial charge in [-0.3, -0.25) is 0 Å². The number of ether oxygens (including phenoxy) is 3. The van der Waals surface area contributed by atoms with Crippen molar-refractivity contribution in [3.05, 3.63) is 52.9 Å². The van der Waals surface area contributed by atoms with Crippen LogP contribution in [0.1, 0.15) is 43.6 Å². The Bertz CT molecular complexity index is 1290. The van der Waals surface area contributed by atoms with Crippen LogP contribution in [0.4, 0.5) is 23.4 Å². The Morgan fingerprint density at radius 3 is 2.49 bits per heavy atom. The number of aromatic nitrogens is 2. The molecule has 1 aromatic heterocycles. The predicted molar refractivity (Wildman–Crippen MR) is 129 cm³/mol. The van der Waals surface area contributed by atoms with Crippen LogP contribution < -0.4 is 14.8 Å². The van der Waals surface area contributed by atoms with E-state index in [2.05, 4.69) is 15.3 Å². The third-order valence-electron chi connectivity index (χ3n) is 6.02. The van der Waals surface area contributed by atoms with Crippen LogP contribution in [0.15, 0.2) is 24.3 Å². The Hall–Kier alpha value is -3.18. The first-order chi connectivity index (χ1) is 17.4. The highest BCUT2D eigenvalue weighted by Crippen LogP contribution is 2.41. The van der Waals surface area contributed by atoms with Crippen LogP contribution >= 0.6 is 0 Å². The number of rotatable bonds is 11. The van der Waals surface area contributed by atoms with Crippen molar-refractivity contribution in [1.82, 2.24) is 9.97 Å². The van der Waals surface area contributed by atoms with E-state index in [-0.39, 0.29) is 58.9 Å². The lowest BCUT2D eigenvalue weighted by Crippen LogP contribution is -2.41. The zero-order valence-corrected chi connectivity index (χ0v) is 21.0. The molecule has 0 unspecified atom stereocenters. The highest BCUT2D eigenvalue weighted by Gasteiger charge is 2.49. The molecule has 0 bridgehead atoms. The van der Waals surface area contributed by atoms with Crippen molar-refractivity contribution >= 4 is 16.7 Å². The Morgan fingerprint density at radius 2 is 1.84 bits per heavy atom. The average molecular weight is 524 g/mol. The van der Waals surface area contributed by atoms with Gasteiger partial charge in [-0.1, -0.05) is 12.1 Å². The first kappa shape index (κ1) is 26.9. The fourth-order valence-electron chi connectivity index (χ4n) is 3.80. The van der Waals surface area contributed by atoms with E-state index in [9.17, 15) is 13.9 Å². The van der Waals surface area contributed by atoms with Crippen LogP contribution in [0.25, 0.3) is 10.9 Å². The predicted octanol–water partition coefficient (Wildman–Crippen LogP) is 5.26. The van der Waals surface area contributed by atoms with Gasteiger partial charge in [-0.25, -0.2) is 18.7 Å². The Labute approximate surface area is 211 Å². The molecule has 3 aromatic rings. The van der Waals surface area contributed by atoms with Gasteiger partial charge >= 0.3 is 5.92 Å². The summed E-state index contributed by atoms with van der Waals surface area (Å²) in [5.74, 6) is -5.39. The summed E-state index contributed by atoms with van der Waals surface area (Å²) in [6.07, 6.45) is 2.27. The van der Waals surface area contributed by atoms with Crippen molar-refractivity contribution in [2.24, 2.45) is 0 Å². The smallest absolute Gasteiger partial charge is 0.303 e. The van der Waals surface area contributed by atoms with Crippen molar-refractivity contribution in [3.63, 3.8) is 0 Å². The minimum absolute atomic E-state index is 0.0452. The molecule has 1 heterocycles. The lowest BCUT2D eigenvalue weighted by molar-refractivity contribution is -0.170. The minimum atomic E-state index is -3.83. The normalized spacial score (nSPS) is 14.2. The van der Waals surface area contributed by atoms with Gasteiger partial charge in [0.15, 0.2) is 17.3 Å². The molecule has 2 aromatic carbocycles. The van der Waals surface area contributed by atoms with Crippen molar-refractivity contribution in [2.45, 2.75) is 57.8 Å². The molecule has 0 radical (unpaired) electrons. The topological polar surface area (TPSA) is 85.7 Å². The maximum absolute atomic E-state index is 15.3. The molecule has 0 atom stereocenters. The molecule has 11 heteroatoms. The first-order valence-corrected chi connectivity index (χ1v) is 11.8. The summed E-state index contributed by atoms with van der Waals surface area (Å²) >= 11 is 0. The van der Waals surface area contributed by atoms with Crippen LogP contribution in [0, 0.1) is 18.6 Å². The van der Waals surface area contributed by atoms with E-state index >= 15 is 8.78 Å². The number of halogens is 4. The van der Waals surface area contributed by atoms with Gasteiger partial charge in [0.25, 0.3) is 0 Å². The Morgan fingerprint density at radius 1 is 1.11 bits per heavy atom. The molecule has 0 amide bonds. The van der Waals surface area contributed by atoms with Crippen LogP contribution in [0.3, 0.4) is 0 Å². The second-order valence-corrected chi connectivity index (χ2v) is 9.42. The monoisotopic (exact) mass is 523 g/mol. The lowest BCUT2D eigenvalue weighted by atomic mass is 9.92. The first-order valence-electron chi connectivity index (χ1n) is 11.8. The number of aliphatic hydroxyl groups is 1. The number of hydrogen-bond donors (Lipinski definition) is 2.